The molecule has 0 aliphatic carbocycles. The summed E-state index contributed by atoms with van der Waals surface area (Å²) in [6.07, 6.45) is 0.502. The Morgan fingerprint density at radius 2 is 2.17 bits per heavy atom. The molecule has 0 heterocycles. The van der Waals surface area contributed by atoms with Crippen molar-refractivity contribution in [2.45, 2.75) is 25.8 Å². The van der Waals surface area contributed by atoms with Crippen molar-refractivity contribution in [1.29, 1.82) is 0 Å². The van der Waals surface area contributed by atoms with E-state index in [-0.39, 0.29) is 18.5 Å². The van der Waals surface area contributed by atoms with Crippen molar-refractivity contribution in [3.8, 4) is 0 Å². The molecule has 0 fully saturated rings. The van der Waals surface area contributed by atoms with Gasteiger partial charge in [-0.25, -0.2) is 4.79 Å². The molecule has 6 heteroatoms. The molecule has 0 aromatic heterocycles. The summed E-state index contributed by atoms with van der Waals surface area (Å²) in [6, 6.07) is 6.63. The van der Waals surface area contributed by atoms with E-state index in [0.717, 1.165) is 3.57 Å². The molecule has 5 nitrogen and oxygen atoms in total. The first-order chi connectivity index (χ1) is 8.51. The summed E-state index contributed by atoms with van der Waals surface area (Å²) in [7, 11) is 0. The van der Waals surface area contributed by atoms with Crippen molar-refractivity contribution in [3.05, 3.63) is 27.8 Å². The van der Waals surface area contributed by atoms with Crippen LogP contribution in [0.2, 0.25) is 0 Å². The molecule has 0 saturated heterocycles. The lowest BCUT2D eigenvalue weighted by Crippen LogP contribution is -2.38. The topological polar surface area (TPSA) is 78.4 Å². The molecule has 1 aromatic carbocycles. The van der Waals surface area contributed by atoms with Gasteiger partial charge in [-0.1, -0.05) is 13.0 Å². The highest BCUT2D eigenvalue weighted by atomic mass is 127. The van der Waals surface area contributed by atoms with Gasteiger partial charge in [0.2, 0.25) is 0 Å². The first-order valence-electron chi connectivity index (χ1n) is 5.56. The van der Waals surface area contributed by atoms with Crippen LogP contribution in [-0.2, 0) is 4.79 Å². The Bertz CT molecular complexity index is 437. The van der Waals surface area contributed by atoms with E-state index in [1.54, 1.807) is 6.07 Å². The van der Waals surface area contributed by atoms with Gasteiger partial charge in [-0.3, -0.25) is 4.79 Å². The molecule has 1 unspecified atom stereocenters. The molecule has 0 saturated carbocycles. The lowest BCUT2D eigenvalue weighted by atomic mass is 10.1. The largest absolute Gasteiger partial charge is 0.481 e. The van der Waals surface area contributed by atoms with Crippen LogP contribution in [0.15, 0.2) is 24.3 Å². The van der Waals surface area contributed by atoms with Crippen LogP contribution in [0.4, 0.5) is 10.5 Å². The average molecular weight is 362 g/mol. The highest BCUT2D eigenvalue weighted by Crippen LogP contribution is 2.12. The number of carbonyl (C=O) groups excluding carboxylic acids is 1. The number of halogens is 1. The second-order valence-electron chi connectivity index (χ2n) is 3.81. The van der Waals surface area contributed by atoms with Crippen LogP contribution in [-0.4, -0.2) is 23.1 Å². The fraction of sp³-hybridized carbons (Fsp3) is 0.333. The number of carboxylic acid groups (broad SMARTS) is 1. The average Bonchev–Trinajstić information content (AvgIpc) is 2.27. The zero-order valence-electron chi connectivity index (χ0n) is 9.94. The molecule has 0 aliphatic rings. The SMILES string of the molecule is CCC(CC(=O)O)NC(=O)Nc1cccc(I)c1. The van der Waals surface area contributed by atoms with Gasteiger partial charge in [-0.2, -0.15) is 0 Å². The summed E-state index contributed by atoms with van der Waals surface area (Å²) in [5.74, 6) is -0.920. The summed E-state index contributed by atoms with van der Waals surface area (Å²) >= 11 is 2.15. The maximum atomic E-state index is 11.7. The van der Waals surface area contributed by atoms with Gasteiger partial charge in [-0.15, -0.1) is 0 Å². The normalized spacial score (nSPS) is 11.7. The van der Waals surface area contributed by atoms with Crippen molar-refractivity contribution in [3.63, 3.8) is 0 Å². The molecule has 0 aliphatic heterocycles. The Hall–Kier alpha value is -1.31. The highest BCUT2D eigenvalue weighted by Gasteiger charge is 2.13. The Morgan fingerprint density at radius 1 is 1.44 bits per heavy atom. The molecular weight excluding hydrogens is 347 g/mol. The van der Waals surface area contributed by atoms with Crippen molar-refractivity contribution < 1.29 is 14.7 Å². The van der Waals surface area contributed by atoms with E-state index in [9.17, 15) is 9.59 Å². The number of rotatable bonds is 5. The van der Waals surface area contributed by atoms with Gasteiger partial charge in [0.1, 0.15) is 0 Å². The minimum absolute atomic E-state index is 0.0732. The second kappa shape index (κ2) is 7.20. The van der Waals surface area contributed by atoms with E-state index in [2.05, 4.69) is 33.2 Å². The fourth-order valence-electron chi connectivity index (χ4n) is 1.43. The molecule has 18 heavy (non-hydrogen) atoms. The second-order valence-corrected chi connectivity index (χ2v) is 5.06. The molecule has 0 bridgehead atoms. The summed E-state index contributed by atoms with van der Waals surface area (Å²) < 4.78 is 1.02. The van der Waals surface area contributed by atoms with E-state index in [0.29, 0.717) is 12.1 Å². The van der Waals surface area contributed by atoms with Crippen LogP contribution in [0.3, 0.4) is 0 Å². The first-order valence-corrected chi connectivity index (χ1v) is 6.64. The van der Waals surface area contributed by atoms with Gasteiger partial charge in [-0.05, 0) is 47.2 Å². The third-order valence-electron chi connectivity index (χ3n) is 2.33. The monoisotopic (exact) mass is 362 g/mol. The Labute approximate surface area is 119 Å². The summed E-state index contributed by atoms with van der Waals surface area (Å²) in [4.78, 5) is 22.2. The zero-order chi connectivity index (χ0) is 13.5. The van der Waals surface area contributed by atoms with Crippen LogP contribution in [0.25, 0.3) is 0 Å². The lowest BCUT2D eigenvalue weighted by Gasteiger charge is -2.15. The molecule has 0 spiro atoms. The number of carbonyl (C=O) groups is 2. The van der Waals surface area contributed by atoms with E-state index >= 15 is 0 Å². The fourth-order valence-corrected chi connectivity index (χ4v) is 1.97. The minimum Gasteiger partial charge on any atom is -0.481 e. The first kappa shape index (κ1) is 14.7. The Morgan fingerprint density at radius 3 is 2.72 bits per heavy atom. The number of anilines is 1. The third kappa shape index (κ3) is 5.35. The number of benzene rings is 1. The summed E-state index contributed by atoms with van der Waals surface area (Å²) in [5, 5.41) is 14.0. The van der Waals surface area contributed by atoms with Crippen LogP contribution in [0.5, 0.6) is 0 Å². The molecule has 98 valence electrons. The summed E-state index contributed by atoms with van der Waals surface area (Å²) in [6.45, 7) is 1.83. The molecule has 0 radical (unpaired) electrons. The zero-order valence-corrected chi connectivity index (χ0v) is 12.1. The number of urea groups is 1. The number of hydrogen-bond acceptors (Lipinski definition) is 2. The van der Waals surface area contributed by atoms with Crippen LogP contribution in [0, 0.1) is 3.57 Å². The molecule has 1 aromatic rings. The van der Waals surface area contributed by atoms with Gasteiger partial charge in [0.05, 0.1) is 6.42 Å². The van der Waals surface area contributed by atoms with Crippen LogP contribution in [0.1, 0.15) is 19.8 Å². The maximum absolute atomic E-state index is 11.7. The van der Waals surface area contributed by atoms with E-state index in [1.165, 1.54) is 0 Å². The van der Waals surface area contributed by atoms with Crippen LogP contribution < -0.4 is 10.6 Å². The van der Waals surface area contributed by atoms with Crippen molar-refractivity contribution in [2.24, 2.45) is 0 Å². The Balaban J connectivity index is 2.52. The van der Waals surface area contributed by atoms with Gasteiger partial charge in [0.15, 0.2) is 0 Å². The third-order valence-corrected chi connectivity index (χ3v) is 3.00. The number of amides is 2. The van der Waals surface area contributed by atoms with E-state index in [4.69, 9.17) is 5.11 Å². The van der Waals surface area contributed by atoms with Crippen molar-refractivity contribution in [1.82, 2.24) is 5.32 Å². The van der Waals surface area contributed by atoms with Gasteiger partial charge >= 0.3 is 12.0 Å². The quantitative estimate of drug-likeness (QED) is 0.705. The predicted octanol–water partition coefficient (Wildman–Crippen LogP) is 2.67. The van der Waals surface area contributed by atoms with Gasteiger partial charge in [0, 0.05) is 15.3 Å². The van der Waals surface area contributed by atoms with Crippen LogP contribution >= 0.6 is 22.6 Å². The van der Waals surface area contributed by atoms with Gasteiger partial charge < -0.3 is 15.7 Å². The van der Waals surface area contributed by atoms with Crippen molar-refractivity contribution in [2.75, 3.05) is 5.32 Å². The molecule has 1 atom stereocenters. The Kier molecular flexibility index (Phi) is 5.90. The predicted molar refractivity (Wildman–Crippen MR) is 77.6 cm³/mol. The smallest absolute Gasteiger partial charge is 0.319 e. The molecule has 3 N–H and O–H groups in total. The van der Waals surface area contributed by atoms with Gasteiger partial charge in [0.25, 0.3) is 0 Å². The minimum atomic E-state index is -0.920. The molecular formula is C12H15IN2O3. The van der Waals surface area contributed by atoms with E-state index < -0.39 is 5.97 Å². The summed E-state index contributed by atoms with van der Waals surface area (Å²) in [5.41, 5.74) is 0.685. The maximum Gasteiger partial charge on any atom is 0.319 e. The lowest BCUT2D eigenvalue weighted by molar-refractivity contribution is -0.137. The number of aliphatic carboxylic acids is 1. The highest BCUT2D eigenvalue weighted by molar-refractivity contribution is 14.1. The van der Waals surface area contributed by atoms with Crippen molar-refractivity contribution >= 4 is 40.3 Å². The number of carboxylic acids is 1. The standard InChI is InChI=1S/C12H15IN2O3/c1-2-9(7-11(16)17)14-12(18)15-10-5-3-4-8(13)6-10/h3-6,9H,2,7H2,1H3,(H,16,17)(H2,14,15,18). The number of hydrogen-bond donors (Lipinski definition) is 3. The molecule has 1 rings (SSSR count). The van der Waals surface area contributed by atoms with E-state index in [1.807, 2.05) is 25.1 Å². The number of nitrogens with one attached hydrogen (secondary N) is 2. The molecule has 2 amide bonds.